The monoisotopic (exact) mass is 450 g/mol. The first kappa shape index (κ1) is 21.7. The third-order valence-corrected chi connectivity index (χ3v) is 6.59. The van der Waals surface area contributed by atoms with E-state index in [9.17, 15) is 4.79 Å². The molecule has 5 rings (SSSR count). The van der Waals surface area contributed by atoms with Crippen molar-refractivity contribution in [2.45, 2.75) is 51.1 Å². The largest absolute Gasteiger partial charge is 0.497 e. The molecule has 33 heavy (non-hydrogen) atoms. The van der Waals surface area contributed by atoms with Crippen molar-refractivity contribution in [3.05, 3.63) is 71.7 Å². The normalized spacial score (nSPS) is 19.9. The van der Waals surface area contributed by atoms with Crippen LogP contribution in [0.25, 0.3) is 0 Å². The van der Waals surface area contributed by atoms with Crippen LogP contribution in [0.5, 0.6) is 5.75 Å². The van der Waals surface area contributed by atoms with Gasteiger partial charge in [-0.1, -0.05) is 12.1 Å². The zero-order valence-electron chi connectivity index (χ0n) is 19.1. The number of amides is 1. The molecule has 0 unspecified atom stereocenters. The Bertz CT molecular complexity index is 1110. The van der Waals surface area contributed by atoms with E-state index < -0.39 is 11.7 Å². The molecule has 2 aliphatic heterocycles. The number of furan rings is 1. The van der Waals surface area contributed by atoms with E-state index in [1.54, 1.807) is 13.3 Å². The molecule has 1 fully saturated rings. The summed E-state index contributed by atoms with van der Waals surface area (Å²) in [5.41, 5.74) is 0.438. The van der Waals surface area contributed by atoms with Crippen molar-refractivity contribution in [3.63, 3.8) is 0 Å². The second-order valence-electron chi connectivity index (χ2n) is 8.86. The topological polar surface area (TPSA) is 81.8 Å². The molecule has 0 bridgehead atoms. The van der Waals surface area contributed by atoms with Gasteiger partial charge in [0.2, 0.25) is 0 Å². The van der Waals surface area contributed by atoms with E-state index in [1.165, 1.54) is 0 Å². The molecule has 1 saturated heterocycles. The zero-order chi connectivity index (χ0) is 22.8. The number of hydrogen-bond donors (Lipinski definition) is 1. The van der Waals surface area contributed by atoms with Crippen LogP contribution in [0.4, 0.5) is 0 Å². The lowest BCUT2D eigenvalue weighted by Gasteiger charge is -2.45. The summed E-state index contributed by atoms with van der Waals surface area (Å²) in [5, 5.41) is 3.03. The maximum Gasteiger partial charge on any atom is 0.251 e. The van der Waals surface area contributed by atoms with E-state index in [1.807, 2.05) is 49.5 Å². The number of hydrogen-bond acceptors (Lipinski definition) is 6. The minimum Gasteiger partial charge on any atom is -0.497 e. The summed E-state index contributed by atoms with van der Waals surface area (Å²) in [6.45, 7) is 5.34. The van der Waals surface area contributed by atoms with E-state index in [-0.39, 0.29) is 5.91 Å². The predicted octanol–water partition coefficient (Wildman–Crippen LogP) is 3.00. The second kappa shape index (κ2) is 9.03. The molecule has 0 aliphatic carbocycles. The van der Waals surface area contributed by atoms with Gasteiger partial charge in [-0.3, -0.25) is 9.69 Å². The second-order valence-corrected chi connectivity index (χ2v) is 8.86. The molecule has 1 aromatic carbocycles. The number of methoxy groups -OCH3 is 1. The van der Waals surface area contributed by atoms with Gasteiger partial charge >= 0.3 is 0 Å². The molecule has 3 aromatic rings. The van der Waals surface area contributed by atoms with Crippen LogP contribution in [0.15, 0.2) is 53.2 Å². The lowest BCUT2D eigenvalue weighted by atomic mass is 9.88. The van der Waals surface area contributed by atoms with Gasteiger partial charge in [0, 0.05) is 32.0 Å². The van der Waals surface area contributed by atoms with Crippen molar-refractivity contribution in [2.75, 3.05) is 20.2 Å². The van der Waals surface area contributed by atoms with Crippen molar-refractivity contribution < 1.29 is 18.7 Å². The molecule has 8 heteroatoms. The number of carbonyl (C=O) groups is 1. The maximum atomic E-state index is 13.1. The molecular formula is C25H30N4O4. The van der Waals surface area contributed by atoms with Gasteiger partial charge in [0.15, 0.2) is 6.10 Å². The highest BCUT2D eigenvalue weighted by atomic mass is 16.5. The van der Waals surface area contributed by atoms with Gasteiger partial charge < -0.3 is 23.8 Å². The Morgan fingerprint density at radius 3 is 2.88 bits per heavy atom. The third kappa shape index (κ3) is 4.54. The van der Waals surface area contributed by atoms with Crippen LogP contribution in [-0.4, -0.2) is 46.7 Å². The van der Waals surface area contributed by atoms with Gasteiger partial charge in [-0.15, -0.1) is 0 Å². The molecule has 2 aliphatic rings. The number of ether oxygens (including phenoxy) is 2. The highest BCUT2D eigenvalue weighted by Gasteiger charge is 2.47. The SMILES string of the molecule is COc1cccc(CNC(=O)[C@H]2Cn3ccnc3C3(CCN(Cc4ccc(C)o4)CC3)O2)c1. The Kier molecular flexibility index (Phi) is 5.95. The number of imidazole rings is 1. The Morgan fingerprint density at radius 1 is 1.27 bits per heavy atom. The van der Waals surface area contributed by atoms with Crippen molar-refractivity contribution in [2.24, 2.45) is 0 Å². The number of nitrogens with zero attached hydrogens (tertiary/aromatic N) is 3. The number of fused-ring (bicyclic) bond motifs is 2. The molecule has 4 heterocycles. The first-order valence-electron chi connectivity index (χ1n) is 11.4. The van der Waals surface area contributed by atoms with E-state index in [2.05, 4.69) is 19.8 Å². The fourth-order valence-corrected chi connectivity index (χ4v) is 4.82. The summed E-state index contributed by atoms with van der Waals surface area (Å²) in [4.78, 5) is 20.0. The van der Waals surface area contributed by atoms with Gasteiger partial charge in [-0.2, -0.15) is 0 Å². The molecule has 1 spiro atoms. The molecule has 0 saturated carbocycles. The van der Waals surface area contributed by atoms with Crippen molar-refractivity contribution >= 4 is 5.91 Å². The van der Waals surface area contributed by atoms with Crippen molar-refractivity contribution in [1.82, 2.24) is 19.8 Å². The van der Waals surface area contributed by atoms with Gasteiger partial charge in [0.1, 0.15) is 28.7 Å². The number of benzene rings is 1. The van der Waals surface area contributed by atoms with E-state index in [0.717, 1.165) is 61.1 Å². The van der Waals surface area contributed by atoms with Crippen LogP contribution in [0, 0.1) is 6.92 Å². The summed E-state index contributed by atoms with van der Waals surface area (Å²) < 4.78 is 19.6. The van der Waals surface area contributed by atoms with Gasteiger partial charge in [-0.25, -0.2) is 4.98 Å². The average Bonchev–Trinajstić information content (AvgIpc) is 3.48. The van der Waals surface area contributed by atoms with Gasteiger partial charge in [0.25, 0.3) is 5.91 Å². The number of likely N-dealkylation sites (tertiary alicyclic amines) is 1. The average molecular weight is 451 g/mol. The molecule has 1 amide bonds. The first-order valence-corrected chi connectivity index (χ1v) is 11.4. The van der Waals surface area contributed by atoms with Gasteiger partial charge in [0.05, 0.1) is 20.2 Å². The van der Waals surface area contributed by atoms with E-state index in [4.69, 9.17) is 13.9 Å². The molecule has 174 valence electrons. The van der Waals surface area contributed by atoms with Crippen LogP contribution < -0.4 is 10.1 Å². The predicted molar refractivity (Wildman–Crippen MR) is 122 cm³/mol. The van der Waals surface area contributed by atoms with Crippen LogP contribution in [0.1, 0.15) is 35.7 Å². The standard InChI is InChI=1S/C25H30N4O4/c1-18-6-7-21(32-18)16-28-11-8-25(9-12-28)24-26-10-13-29(24)17-22(33-25)23(30)27-15-19-4-3-5-20(14-19)31-2/h3-7,10,13-14,22H,8-9,11-12,15-17H2,1-2H3,(H,27,30)/t22-/m1/s1. The molecule has 0 radical (unpaired) electrons. The maximum absolute atomic E-state index is 13.1. The lowest BCUT2D eigenvalue weighted by Crippen LogP contribution is -2.53. The summed E-state index contributed by atoms with van der Waals surface area (Å²) in [6, 6.07) is 11.7. The quantitative estimate of drug-likeness (QED) is 0.622. The molecule has 8 nitrogen and oxygen atoms in total. The Balaban J connectivity index is 1.25. The Labute approximate surface area is 193 Å². The highest BCUT2D eigenvalue weighted by molar-refractivity contribution is 5.81. The van der Waals surface area contributed by atoms with Crippen LogP contribution in [0.3, 0.4) is 0 Å². The minimum atomic E-state index is -0.559. The zero-order valence-corrected chi connectivity index (χ0v) is 19.1. The third-order valence-electron chi connectivity index (χ3n) is 6.59. The molecule has 1 atom stereocenters. The van der Waals surface area contributed by atoms with Crippen molar-refractivity contribution in [1.29, 1.82) is 0 Å². The number of aryl methyl sites for hydroxylation is 1. The minimum absolute atomic E-state index is 0.106. The lowest BCUT2D eigenvalue weighted by molar-refractivity contribution is -0.174. The molecular weight excluding hydrogens is 420 g/mol. The molecule has 2 aromatic heterocycles. The van der Waals surface area contributed by atoms with Crippen LogP contribution in [0.2, 0.25) is 0 Å². The van der Waals surface area contributed by atoms with Crippen molar-refractivity contribution in [3.8, 4) is 5.75 Å². The van der Waals surface area contributed by atoms with Crippen LogP contribution >= 0.6 is 0 Å². The Hall–Kier alpha value is -3.10. The number of piperidine rings is 1. The number of aromatic nitrogens is 2. The van der Waals surface area contributed by atoms with E-state index >= 15 is 0 Å². The summed E-state index contributed by atoms with van der Waals surface area (Å²) >= 11 is 0. The number of rotatable bonds is 6. The Morgan fingerprint density at radius 2 is 2.12 bits per heavy atom. The summed E-state index contributed by atoms with van der Waals surface area (Å²) in [5.74, 6) is 3.50. The smallest absolute Gasteiger partial charge is 0.251 e. The fraction of sp³-hybridized carbons (Fsp3) is 0.440. The fourth-order valence-electron chi connectivity index (χ4n) is 4.82. The summed E-state index contributed by atoms with van der Waals surface area (Å²) in [6.07, 6.45) is 4.75. The van der Waals surface area contributed by atoms with Gasteiger partial charge in [-0.05, 0) is 49.6 Å². The summed E-state index contributed by atoms with van der Waals surface area (Å²) in [7, 11) is 1.64. The van der Waals surface area contributed by atoms with E-state index in [0.29, 0.717) is 13.1 Å². The number of nitrogens with one attached hydrogen (secondary N) is 1. The number of carbonyl (C=O) groups excluding carboxylic acids is 1. The first-order chi connectivity index (χ1) is 16.0. The molecule has 1 N–H and O–H groups in total. The highest BCUT2D eigenvalue weighted by Crippen LogP contribution is 2.40. The van der Waals surface area contributed by atoms with Crippen LogP contribution in [-0.2, 0) is 34.8 Å².